The van der Waals surface area contributed by atoms with Gasteiger partial charge in [0.2, 0.25) is 5.89 Å². The number of ether oxygens (including phenoxy) is 1. The Morgan fingerprint density at radius 2 is 1.62 bits per heavy atom. The van der Waals surface area contributed by atoms with Crippen LogP contribution in [0.4, 0.5) is 0 Å². The summed E-state index contributed by atoms with van der Waals surface area (Å²) in [4.78, 5) is 12.0. The minimum atomic E-state index is -0.512. The Balaban J connectivity index is 1.99. The lowest BCUT2D eigenvalue weighted by Crippen LogP contribution is -2.08. The molecule has 0 spiro atoms. The summed E-state index contributed by atoms with van der Waals surface area (Å²) in [7, 11) is 1.59. The van der Waals surface area contributed by atoms with Crippen LogP contribution < -0.4 is 10.4 Å². The van der Waals surface area contributed by atoms with E-state index in [2.05, 4.69) is 10.2 Å². The molecule has 0 aliphatic carbocycles. The second kappa shape index (κ2) is 5.58. The zero-order valence-electron chi connectivity index (χ0n) is 11.3. The molecule has 2 aromatic carbocycles. The normalized spacial score (nSPS) is 10.3. The topological polar surface area (TPSA) is 65.2 Å². The van der Waals surface area contributed by atoms with Crippen LogP contribution in [0.1, 0.15) is 0 Å². The average molecular weight is 280 g/mol. The Hall–Kier alpha value is -2.95. The third-order valence-electron chi connectivity index (χ3n) is 3.01. The lowest BCUT2D eigenvalue weighted by atomic mass is 10.2. The van der Waals surface area contributed by atoms with Crippen LogP contribution in [-0.2, 0) is 0 Å². The fourth-order valence-electron chi connectivity index (χ4n) is 1.91. The van der Waals surface area contributed by atoms with Gasteiger partial charge in [0.25, 0.3) is 0 Å². The van der Waals surface area contributed by atoms with E-state index in [0.717, 1.165) is 5.75 Å². The van der Waals surface area contributed by atoms with Crippen molar-refractivity contribution >= 4 is 0 Å². The first-order chi connectivity index (χ1) is 10.3. The van der Waals surface area contributed by atoms with Gasteiger partial charge in [-0.25, -0.2) is 4.79 Å². The molecule has 0 N–H and O–H groups in total. The summed E-state index contributed by atoms with van der Waals surface area (Å²) in [6, 6.07) is 16.1. The second-order valence-electron chi connectivity index (χ2n) is 4.34. The summed E-state index contributed by atoms with van der Waals surface area (Å²) in [6.45, 7) is 0. The summed E-state index contributed by atoms with van der Waals surface area (Å²) in [5.74, 6) is 0.900. The first-order valence-corrected chi connectivity index (χ1v) is 6.35. The molecule has 21 heavy (non-hydrogen) atoms. The Morgan fingerprint density at radius 1 is 0.905 bits per heavy atom. The van der Waals surface area contributed by atoms with E-state index < -0.39 is 5.63 Å². The summed E-state index contributed by atoms with van der Waals surface area (Å²) in [5.41, 5.74) is 1.04. The Labute approximate surface area is 120 Å². The predicted molar refractivity (Wildman–Crippen MR) is 78.0 cm³/mol. The lowest BCUT2D eigenvalue weighted by molar-refractivity contribution is 0.414. The van der Waals surface area contributed by atoms with Crippen LogP contribution in [0.3, 0.4) is 0 Å². The number of hydrogen-bond donors (Lipinski definition) is 0. The Bertz CT molecular complexity index is 796. The molecule has 0 atom stereocenters. The highest BCUT2D eigenvalue weighted by atomic mass is 16.5. The largest absolute Gasteiger partial charge is 0.497 e. The van der Waals surface area contributed by atoms with E-state index in [0.29, 0.717) is 11.1 Å². The smallest absolute Gasteiger partial charge is 0.366 e. The van der Waals surface area contributed by atoms with Crippen LogP contribution in [0.2, 0.25) is 0 Å². The van der Waals surface area contributed by atoms with Crippen LogP contribution in [0, 0.1) is 0 Å². The zero-order valence-corrected chi connectivity index (χ0v) is 11.3. The van der Waals surface area contributed by atoms with Gasteiger partial charge in [-0.1, -0.05) is 30.3 Å². The van der Waals surface area contributed by atoms with Gasteiger partial charge in [-0.15, -0.1) is 10.2 Å². The summed E-state index contributed by atoms with van der Waals surface area (Å²) >= 11 is 0. The molecule has 0 amide bonds. The van der Waals surface area contributed by atoms with E-state index in [9.17, 15) is 4.79 Å². The van der Waals surface area contributed by atoms with Gasteiger partial charge in [-0.05, 0) is 24.3 Å². The fraction of sp³-hybridized carbons (Fsp3) is 0.0625. The molecule has 0 aliphatic heterocycles. The van der Waals surface area contributed by atoms with Crippen molar-refractivity contribution in [1.29, 1.82) is 0 Å². The van der Waals surface area contributed by atoms with Gasteiger partial charge in [0.15, 0.2) is 5.69 Å². The molecule has 5 heteroatoms. The first-order valence-electron chi connectivity index (χ1n) is 6.35. The number of methoxy groups -OCH3 is 1. The highest BCUT2D eigenvalue weighted by molar-refractivity contribution is 5.58. The molecule has 0 aliphatic rings. The fourth-order valence-corrected chi connectivity index (χ4v) is 1.91. The molecule has 0 radical (unpaired) electrons. The number of benzene rings is 2. The van der Waals surface area contributed by atoms with Crippen molar-refractivity contribution in [3.05, 3.63) is 65.0 Å². The van der Waals surface area contributed by atoms with Gasteiger partial charge in [0.05, 0.1) is 7.11 Å². The molecule has 0 saturated carbocycles. The van der Waals surface area contributed by atoms with E-state index in [-0.39, 0.29) is 11.6 Å². The maximum Gasteiger partial charge on any atom is 0.366 e. The van der Waals surface area contributed by atoms with Crippen molar-refractivity contribution in [2.45, 2.75) is 0 Å². The van der Waals surface area contributed by atoms with Crippen LogP contribution >= 0.6 is 0 Å². The maximum absolute atomic E-state index is 12.0. The van der Waals surface area contributed by atoms with Gasteiger partial charge < -0.3 is 9.15 Å². The summed E-state index contributed by atoms with van der Waals surface area (Å²) in [6.07, 6.45) is 0. The van der Waals surface area contributed by atoms with E-state index >= 15 is 0 Å². The van der Waals surface area contributed by atoms with Crippen LogP contribution in [-0.4, -0.2) is 17.3 Å². The summed E-state index contributed by atoms with van der Waals surface area (Å²) < 4.78 is 10.3. The molecule has 104 valence electrons. The van der Waals surface area contributed by atoms with Crippen molar-refractivity contribution in [3.8, 4) is 28.5 Å². The molecule has 3 rings (SSSR count). The predicted octanol–water partition coefficient (Wildman–Crippen LogP) is 2.77. The quantitative estimate of drug-likeness (QED) is 0.738. The van der Waals surface area contributed by atoms with E-state index in [1.54, 1.807) is 43.5 Å². The summed E-state index contributed by atoms with van der Waals surface area (Å²) in [5, 5.41) is 7.96. The SMILES string of the molecule is COc1ccc(-c2nnc(-c3ccccc3)c(=O)o2)cc1. The van der Waals surface area contributed by atoms with Crippen LogP contribution in [0.15, 0.2) is 63.8 Å². The zero-order chi connectivity index (χ0) is 14.7. The monoisotopic (exact) mass is 280 g/mol. The van der Waals surface area contributed by atoms with Gasteiger partial charge in [0.1, 0.15) is 5.75 Å². The molecule has 0 bridgehead atoms. The van der Waals surface area contributed by atoms with Gasteiger partial charge in [-0.3, -0.25) is 0 Å². The molecular weight excluding hydrogens is 268 g/mol. The minimum absolute atomic E-state index is 0.183. The molecule has 3 aromatic rings. The van der Waals surface area contributed by atoms with E-state index in [1.165, 1.54) is 0 Å². The Kier molecular flexibility index (Phi) is 3.47. The van der Waals surface area contributed by atoms with Crippen molar-refractivity contribution in [3.63, 3.8) is 0 Å². The molecule has 1 aromatic heterocycles. The van der Waals surface area contributed by atoms with E-state index in [1.807, 2.05) is 18.2 Å². The van der Waals surface area contributed by atoms with Crippen LogP contribution in [0.5, 0.6) is 5.75 Å². The molecule has 0 unspecified atom stereocenters. The standard InChI is InChI=1S/C16H12N2O3/c1-20-13-9-7-12(8-10-13)15-18-17-14(16(19)21-15)11-5-3-2-4-6-11/h2-10H,1H3. The number of rotatable bonds is 3. The third-order valence-corrected chi connectivity index (χ3v) is 3.01. The second-order valence-corrected chi connectivity index (χ2v) is 4.34. The molecular formula is C16H12N2O3. The van der Waals surface area contributed by atoms with Gasteiger partial charge in [-0.2, -0.15) is 0 Å². The maximum atomic E-state index is 12.0. The third kappa shape index (κ3) is 2.67. The molecule has 0 saturated heterocycles. The highest BCUT2D eigenvalue weighted by Gasteiger charge is 2.10. The van der Waals surface area contributed by atoms with Gasteiger partial charge >= 0.3 is 5.63 Å². The Morgan fingerprint density at radius 3 is 2.24 bits per heavy atom. The molecule has 5 nitrogen and oxygen atoms in total. The van der Waals surface area contributed by atoms with Crippen LogP contribution in [0.25, 0.3) is 22.7 Å². The minimum Gasteiger partial charge on any atom is -0.497 e. The number of aromatic nitrogens is 2. The van der Waals surface area contributed by atoms with Crippen molar-refractivity contribution in [2.75, 3.05) is 7.11 Å². The lowest BCUT2D eigenvalue weighted by Gasteiger charge is -2.02. The average Bonchev–Trinajstić information content (AvgIpc) is 2.55. The van der Waals surface area contributed by atoms with Crippen molar-refractivity contribution < 1.29 is 9.15 Å². The van der Waals surface area contributed by atoms with E-state index in [4.69, 9.17) is 9.15 Å². The number of nitrogens with zero attached hydrogens (tertiary/aromatic N) is 2. The first kappa shape index (κ1) is 13.1. The number of hydrogen-bond acceptors (Lipinski definition) is 5. The molecule has 0 fully saturated rings. The van der Waals surface area contributed by atoms with Crippen molar-refractivity contribution in [2.24, 2.45) is 0 Å². The van der Waals surface area contributed by atoms with Crippen molar-refractivity contribution in [1.82, 2.24) is 10.2 Å². The van der Waals surface area contributed by atoms with Gasteiger partial charge in [0, 0.05) is 11.1 Å². The molecule has 1 heterocycles. The highest BCUT2D eigenvalue weighted by Crippen LogP contribution is 2.20.